The molecule has 14 heavy (non-hydrogen) atoms. The van der Waals surface area contributed by atoms with Crippen LogP contribution in [0.2, 0.25) is 5.02 Å². The highest BCUT2D eigenvalue weighted by Crippen LogP contribution is 2.32. The molecule has 2 rings (SSSR count). The summed E-state index contributed by atoms with van der Waals surface area (Å²) in [6.07, 6.45) is -1.20. The molecule has 4 nitrogen and oxygen atoms in total. The summed E-state index contributed by atoms with van der Waals surface area (Å²) < 4.78 is 4.65. The first-order valence-corrected chi connectivity index (χ1v) is 4.20. The summed E-state index contributed by atoms with van der Waals surface area (Å²) in [6, 6.07) is 4.42. The van der Waals surface area contributed by atoms with Gasteiger partial charge < -0.3 is 9.84 Å². The number of carbonyl (C=O) groups is 2. The average Bonchev–Trinajstić information content (AvgIpc) is 2.44. The summed E-state index contributed by atoms with van der Waals surface area (Å²) >= 11 is 5.66. The van der Waals surface area contributed by atoms with Crippen molar-refractivity contribution >= 4 is 23.5 Å². The maximum atomic E-state index is 11.2. The Labute approximate surface area is 84.1 Å². The van der Waals surface area contributed by atoms with Gasteiger partial charge in [-0.25, -0.2) is 9.59 Å². The van der Waals surface area contributed by atoms with Crippen molar-refractivity contribution in [2.45, 2.75) is 6.10 Å². The van der Waals surface area contributed by atoms with E-state index in [4.69, 9.17) is 16.7 Å². The number of benzene rings is 1. The number of halogens is 1. The molecule has 0 radical (unpaired) electrons. The number of carboxylic acids is 1. The first-order valence-electron chi connectivity index (χ1n) is 3.83. The van der Waals surface area contributed by atoms with Crippen molar-refractivity contribution in [1.82, 2.24) is 0 Å². The van der Waals surface area contributed by atoms with Crippen LogP contribution < -0.4 is 0 Å². The fraction of sp³-hybridized carbons (Fsp3) is 0.111. The second-order valence-corrected chi connectivity index (χ2v) is 3.29. The number of aliphatic carboxylic acids is 1. The molecule has 5 heteroatoms. The lowest BCUT2D eigenvalue weighted by molar-refractivity contribution is -0.146. The van der Waals surface area contributed by atoms with E-state index in [-0.39, 0.29) is 5.56 Å². The summed E-state index contributed by atoms with van der Waals surface area (Å²) in [6.45, 7) is 0. The van der Waals surface area contributed by atoms with Crippen molar-refractivity contribution in [3.63, 3.8) is 0 Å². The molecule has 0 aliphatic carbocycles. The molecule has 72 valence electrons. The summed E-state index contributed by atoms with van der Waals surface area (Å²) in [5.41, 5.74) is 0.580. The Morgan fingerprint density at radius 3 is 2.86 bits per heavy atom. The van der Waals surface area contributed by atoms with Gasteiger partial charge in [0.25, 0.3) is 0 Å². The number of esters is 1. The Kier molecular flexibility index (Phi) is 1.93. The molecule has 0 saturated carbocycles. The number of carbonyl (C=O) groups excluding carboxylic acids is 1. The zero-order valence-corrected chi connectivity index (χ0v) is 7.62. The van der Waals surface area contributed by atoms with Crippen molar-refractivity contribution < 1.29 is 19.4 Å². The summed E-state index contributed by atoms with van der Waals surface area (Å²) in [5, 5.41) is 9.12. The van der Waals surface area contributed by atoms with E-state index in [2.05, 4.69) is 4.74 Å². The number of carboxylic acid groups (broad SMARTS) is 1. The van der Waals surface area contributed by atoms with E-state index in [0.717, 1.165) is 0 Å². The quantitative estimate of drug-likeness (QED) is 0.719. The molecule has 0 saturated heterocycles. The van der Waals surface area contributed by atoms with E-state index in [1.807, 2.05) is 0 Å². The van der Waals surface area contributed by atoms with Crippen LogP contribution in [0, 0.1) is 0 Å². The smallest absolute Gasteiger partial charge is 0.349 e. The maximum Gasteiger partial charge on any atom is 0.349 e. The second-order valence-electron chi connectivity index (χ2n) is 2.86. The van der Waals surface area contributed by atoms with E-state index in [0.29, 0.717) is 10.6 Å². The van der Waals surface area contributed by atoms with Gasteiger partial charge in [0.1, 0.15) is 0 Å². The topological polar surface area (TPSA) is 63.6 Å². The van der Waals surface area contributed by atoms with Gasteiger partial charge >= 0.3 is 11.9 Å². The van der Waals surface area contributed by atoms with Gasteiger partial charge in [-0.2, -0.15) is 0 Å². The molecule has 1 aliphatic heterocycles. The summed E-state index contributed by atoms with van der Waals surface area (Å²) in [7, 11) is 0. The Hall–Kier alpha value is -1.55. The van der Waals surface area contributed by atoms with Crippen LogP contribution in [0.4, 0.5) is 0 Å². The SMILES string of the molecule is O=C1OC(C(=O)O)c2ccc(Cl)cc21. The predicted octanol–water partition coefficient (Wildman–Crippen LogP) is 1.64. The molecule has 1 unspecified atom stereocenters. The molecule has 1 heterocycles. The Bertz CT molecular complexity index is 427. The lowest BCUT2D eigenvalue weighted by Crippen LogP contribution is -2.10. The van der Waals surface area contributed by atoms with Gasteiger partial charge in [0.15, 0.2) is 0 Å². The molecule has 0 bridgehead atoms. The van der Waals surface area contributed by atoms with Gasteiger partial charge in [0.2, 0.25) is 6.10 Å². The highest BCUT2D eigenvalue weighted by atomic mass is 35.5. The first kappa shape index (κ1) is 9.02. The highest BCUT2D eigenvalue weighted by molar-refractivity contribution is 6.31. The fourth-order valence-corrected chi connectivity index (χ4v) is 1.52. The van der Waals surface area contributed by atoms with Gasteiger partial charge in [-0.05, 0) is 12.1 Å². The van der Waals surface area contributed by atoms with Crippen LogP contribution in [0.15, 0.2) is 18.2 Å². The molecule has 0 spiro atoms. The van der Waals surface area contributed by atoms with Crippen LogP contribution in [-0.2, 0) is 9.53 Å². The number of hydrogen-bond donors (Lipinski definition) is 1. The molecule has 1 aliphatic rings. The van der Waals surface area contributed by atoms with E-state index < -0.39 is 18.0 Å². The van der Waals surface area contributed by atoms with Crippen molar-refractivity contribution in [2.24, 2.45) is 0 Å². The average molecular weight is 213 g/mol. The monoisotopic (exact) mass is 212 g/mol. The minimum Gasteiger partial charge on any atom is -0.478 e. The second kappa shape index (κ2) is 2.99. The van der Waals surface area contributed by atoms with Gasteiger partial charge in [-0.1, -0.05) is 17.7 Å². The molecule has 0 fully saturated rings. The Balaban J connectivity index is 2.55. The minimum atomic E-state index is -1.20. The molecule has 0 aromatic heterocycles. The molecule has 1 aromatic rings. The number of ether oxygens (including phenoxy) is 1. The van der Waals surface area contributed by atoms with Crippen LogP contribution >= 0.6 is 11.6 Å². The third-order valence-corrected chi connectivity index (χ3v) is 2.20. The van der Waals surface area contributed by atoms with Crippen molar-refractivity contribution in [3.05, 3.63) is 34.3 Å². The third-order valence-electron chi connectivity index (χ3n) is 1.97. The van der Waals surface area contributed by atoms with Crippen LogP contribution in [0.3, 0.4) is 0 Å². The number of rotatable bonds is 1. The van der Waals surface area contributed by atoms with Crippen LogP contribution in [0.1, 0.15) is 22.0 Å². The number of fused-ring (bicyclic) bond motifs is 1. The van der Waals surface area contributed by atoms with Crippen molar-refractivity contribution in [2.75, 3.05) is 0 Å². The van der Waals surface area contributed by atoms with Crippen molar-refractivity contribution in [1.29, 1.82) is 0 Å². The van der Waals surface area contributed by atoms with E-state index in [1.165, 1.54) is 18.2 Å². The molecular weight excluding hydrogens is 208 g/mol. The molecular formula is C9H5ClO4. The van der Waals surface area contributed by atoms with Crippen molar-refractivity contribution in [3.8, 4) is 0 Å². The molecule has 1 N–H and O–H groups in total. The van der Waals surface area contributed by atoms with Crippen LogP contribution in [0.5, 0.6) is 0 Å². The minimum absolute atomic E-state index is 0.227. The Morgan fingerprint density at radius 1 is 1.50 bits per heavy atom. The lowest BCUT2D eigenvalue weighted by Gasteiger charge is -2.02. The lowest BCUT2D eigenvalue weighted by atomic mass is 10.1. The number of hydrogen-bond acceptors (Lipinski definition) is 3. The predicted molar refractivity (Wildman–Crippen MR) is 47.2 cm³/mol. The number of cyclic esters (lactones) is 1. The molecule has 0 amide bonds. The van der Waals surface area contributed by atoms with E-state index >= 15 is 0 Å². The van der Waals surface area contributed by atoms with E-state index in [1.54, 1.807) is 0 Å². The molecule has 1 atom stereocenters. The Morgan fingerprint density at radius 2 is 2.21 bits per heavy atom. The largest absolute Gasteiger partial charge is 0.478 e. The van der Waals surface area contributed by atoms with Crippen LogP contribution in [0.25, 0.3) is 0 Å². The summed E-state index contributed by atoms with van der Waals surface area (Å²) in [5.74, 6) is -1.82. The summed E-state index contributed by atoms with van der Waals surface area (Å²) in [4.78, 5) is 21.9. The van der Waals surface area contributed by atoms with Gasteiger partial charge in [0.05, 0.1) is 5.56 Å². The van der Waals surface area contributed by atoms with Gasteiger partial charge in [0, 0.05) is 10.6 Å². The third kappa shape index (κ3) is 1.24. The molecule has 1 aromatic carbocycles. The standard InChI is InChI=1S/C9H5ClO4/c10-4-1-2-5-6(3-4)9(13)14-7(5)8(11)12/h1-3,7H,(H,11,12). The first-order chi connectivity index (χ1) is 6.59. The van der Waals surface area contributed by atoms with Crippen LogP contribution in [-0.4, -0.2) is 17.0 Å². The maximum absolute atomic E-state index is 11.2. The fourth-order valence-electron chi connectivity index (χ4n) is 1.35. The van der Waals surface area contributed by atoms with E-state index in [9.17, 15) is 9.59 Å². The highest BCUT2D eigenvalue weighted by Gasteiger charge is 2.35. The van der Waals surface area contributed by atoms with Gasteiger partial charge in [-0.3, -0.25) is 0 Å². The van der Waals surface area contributed by atoms with Gasteiger partial charge in [-0.15, -0.1) is 0 Å². The zero-order chi connectivity index (χ0) is 10.3. The normalized spacial score (nSPS) is 18.9. The zero-order valence-electron chi connectivity index (χ0n) is 6.86.